The third-order valence-electron chi connectivity index (χ3n) is 5.76. The number of anilines is 3. The summed E-state index contributed by atoms with van der Waals surface area (Å²) >= 11 is 0. The molecule has 1 aliphatic rings. The Balaban J connectivity index is 1.49. The topological polar surface area (TPSA) is 87.7 Å². The molecule has 0 bridgehead atoms. The molecule has 9 heteroatoms. The van der Waals surface area contributed by atoms with Crippen molar-refractivity contribution in [2.75, 3.05) is 42.9 Å². The molecular weight excluding hydrogens is 450 g/mol. The molecule has 34 heavy (non-hydrogen) atoms. The van der Waals surface area contributed by atoms with Crippen molar-refractivity contribution in [2.45, 2.75) is 13.8 Å². The summed E-state index contributed by atoms with van der Waals surface area (Å²) in [6.07, 6.45) is 3.25. The summed E-state index contributed by atoms with van der Waals surface area (Å²) in [6, 6.07) is 16.5. The van der Waals surface area contributed by atoms with Gasteiger partial charge in [-0.25, -0.2) is 13.4 Å². The smallest absolute Gasteiger partial charge is 0.265 e. The van der Waals surface area contributed by atoms with Crippen molar-refractivity contribution in [1.29, 1.82) is 0 Å². The van der Waals surface area contributed by atoms with Crippen LogP contribution >= 0.6 is 0 Å². The van der Waals surface area contributed by atoms with E-state index in [1.165, 1.54) is 11.4 Å². The number of nitrogens with zero attached hydrogens (tertiary/aromatic N) is 4. The molecule has 0 radical (unpaired) electrons. The Labute approximate surface area is 201 Å². The fraction of sp³-hybridized carbons (Fsp3) is 0.280. The number of nitrogens with one attached hydrogen (secondary N) is 1. The van der Waals surface area contributed by atoms with Crippen molar-refractivity contribution in [2.24, 2.45) is 0 Å². The van der Waals surface area contributed by atoms with Crippen molar-refractivity contribution in [1.82, 2.24) is 14.9 Å². The summed E-state index contributed by atoms with van der Waals surface area (Å²) in [4.78, 5) is 11.4. The molecule has 0 unspecified atom stereocenters. The minimum Gasteiger partial charge on any atom is -0.492 e. The van der Waals surface area contributed by atoms with Crippen LogP contribution in [0.25, 0.3) is 11.0 Å². The quantitative estimate of drug-likeness (QED) is 0.492. The summed E-state index contributed by atoms with van der Waals surface area (Å²) in [5, 5.41) is 3.14. The van der Waals surface area contributed by atoms with E-state index in [1.54, 1.807) is 24.4 Å². The van der Waals surface area contributed by atoms with Crippen molar-refractivity contribution >= 4 is 38.5 Å². The zero-order chi connectivity index (χ0) is 24.1. The lowest BCUT2D eigenvalue weighted by Crippen LogP contribution is -2.31. The van der Waals surface area contributed by atoms with Gasteiger partial charge >= 0.3 is 0 Å². The van der Waals surface area contributed by atoms with Gasteiger partial charge in [0.1, 0.15) is 12.4 Å². The van der Waals surface area contributed by atoms with E-state index in [1.807, 2.05) is 42.5 Å². The highest BCUT2D eigenvalue weighted by atomic mass is 32.2. The van der Waals surface area contributed by atoms with Crippen LogP contribution in [0, 0.1) is 0 Å². The predicted molar refractivity (Wildman–Crippen MR) is 137 cm³/mol. The second-order valence-corrected chi connectivity index (χ2v) is 9.78. The summed E-state index contributed by atoms with van der Waals surface area (Å²) in [7, 11) is -2.22. The molecular formula is C25H29N5O3S. The average molecular weight is 480 g/mol. The van der Waals surface area contributed by atoms with Gasteiger partial charge < -0.3 is 15.0 Å². The lowest BCUT2D eigenvalue weighted by Gasteiger charge is -2.26. The molecule has 1 aromatic heterocycles. The minimum absolute atomic E-state index is 0.226. The summed E-state index contributed by atoms with van der Waals surface area (Å²) < 4.78 is 33.2. The maximum absolute atomic E-state index is 13.1. The van der Waals surface area contributed by atoms with Gasteiger partial charge in [0.05, 0.1) is 4.91 Å². The maximum atomic E-state index is 13.1. The predicted octanol–water partition coefficient (Wildman–Crippen LogP) is 4.22. The maximum Gasteiger partial charge on any atom is 0.265 e. The molecule has 1 aliphatic heterocycles. The van der Waals surface area contributed by atoms with E-state index < -0.39 is 10.0 Å². The first-order chi connectivity index (χ1) is 16.4. The van der Waals surface area contributed by atoms with Crippen molar-refractivity contribution < 1.29 is 13.2 Å². The highest BCUT2D eigenvalue weighted by molar-refractivity contribution is 8.02. The van der Waals surface area contributed by atoms with E-state index in [0.717, 1.165) is 31.1 Å². The van der Waals surface area contributed by atoms with Gasteiger partial charge in [0.25, 0.3) is 10.0 Å². The van der Waals surface area contributed by atoms with Crippen LogP contribution in [0.3, 0.4) is 0 Å². The third-order valence-corrected chi connectivity index (χ3v) is 7.56. The molecule has 0 aliphatic carbocycles. The molecule has 0 amide bonds. The number of aromatic nitrogens is 2. The van der Waals surface area contributed by atoms with E-state index in [4.69, 9.17) is 4.74 Å². The summed E-state index contributed by atoms with van der Waals surface area (Å²) in [5.41, 5.74) is 2.04. The molecule has 0 saturated heterocycles. The van der Waals surface area contributed by atoms with Crippen LogP contribution in [0.1, 0.15) is 25.0 Å². The number of fused-ring (bicyclic) bond motifs is 1. The first-order valence-corrected chi connectivity index (χ1v) is 12.7. The second-order valence-electron chi connectivity index (χ2n) is 7.84. The van der Waals surface area contributed by atoms with Crippen LogP contribution in [0.15, 0.2) is 60.8 Å². The highest BCUT2D eigenvalue weighted by Gasteiger charge is 2.32. The van der Waals surface area contributed by atoms with Gasteiger partial charge in [-0.3, -0.25) is 4.31 Å². The van der Waals surface area contributed by atoms with Crippen molar-refractivity contribution in [3.8, 4) is 5.75 Å². The molecule has 4 rings (SSSR count). The number of ether oxygens (including phenoxy) is 1. The zero-order valence-corrected chi connectivity index (χ0v) is 20.4. The fourth-order valence-electron chi connectivity index (χ4n) is 3.70. The Hall–Kier alpha value is -3.43. The van der Waals surface area contributed by atoms with Crippen molar-refractivity contribution in [3.05, 3.63) is 71.9 Å². The largest absolute Gasteiger partial charge is 0.492 e. The Morgan fingerprint density at radius 3 is 2.41 bits per heavy atom. The second kappa shape index (κ2) is 10.2. The summed E-state index contributed by atoms with van der Waals surface area (Å²) in [5.74, 6) is 1.43. The first-order valence-electron chi connectivity index (χ1n) is 11.3. The van der Waals surface area contributed by atoms with E-state index in [2.05, 4.69) is 34.0 Å². The van der Waals surface area contributed by atoms with Crippen LogP contribution in [-0.2, 0) is 10.0 Å². The van der Waals surface area contributed by atoms with Crippen LogP contribution in [0.5, 0.6) is 5.75 Å². The molecule has 0 spiro atoms. The number of hydrogen-bond donors (Lipinski definition) is 1. The molecule has 0 atom stereocenters. The molecule has 1 N–H and O–H groups in total. The standard InChI is InChI=1S/C25H29N5O3S/c1-4-30(5-2)15-16-33-22-13-11-21(12-14-22)27-25-26-18-20-17-23(19-9-7-6-8-10-19)34(31,32)29(3)24(20)28-25/h6-14,17-18H,4-5,15-16H2,1-3H3,(H,26,27,28). The van der Waals surface area contributed by atoms with Gasteiger partial charge in [-0.05, 0) is 49.0 Å². The number of sulfonamides is 1. The fourth-order valence-corrected chi connectivity index (χ4v) is 5.08. The molecule has 0 saturated carbocycles. The van der Waals surface area contributed by atoms with Crippen LogP contribution in [-0.4, -0.2) is 56.6 Å². The van der Waals surface area contributed by atoms with E-state index in [-0.39, 0.29) is 4.91 Å². The van der Waals surface area contributed by atoms with E-state index >= 15 is 0 Å². The lowest BCUT2D eigenvalue weighted by molar-refractivity contribution is 0.223. The number of benzene rings is 2. The Morgan fingerprint density at radius 2 is 1.74 bits per heavy atom. The molecule has 2 heterocycles. The number of rotatable bonds is 9. The zero-order valence-electron chi connectivity index (χ0n) is 19.6. The Bertz CT molecular complexity index is 1260. The van der Waals surface area contributed by atoms with E-state index in [9.17, 15) is 8.42 Å². The van der Waals surface area contributed by atoms with Gasteiger partial charge in [-0.15, -0.1) is 0 Å². The van der Waals surface area contributed by atoms with Crippen LogP contribution in [0.2, 0.25) is 0 Å². The molecule has 0 fully saturated rings. The lowest BCUT2D eigenvalue weighted by atomic mass is 10.1. The van der Waals surface area contributed by atoms with Gasteiger partial charge in [0.15, 0.2) is 5.82 Å². The number of hydrogen-bond acceptors (Lipinski definition) is 7. The van der Waals surface area contributed by atoms with Gasteiger partial charge in [0, 0.05) is 31.0 Å². The summed E-state index contributed by atoms with van der Waals surface area (Å²) in [6.45, 7) is 7.79. The number of likely N-dealkylation sites (N-methyl/N-ethyl adjacent to an activating group) is 1. The molecule has 2 aromatic carbocycles. The Kier molecular flexibility index (Phi) is 7.14. The minimum atomic E-state index is -3.73. The first kappa shape index (κ1) is 23.7. The van der Waals surface area contributed by atoms with Gasteiger partial charge in [0.2, 0.25) is 5.95 Å². The molecule has 178 valence electrons. The Morgan fingerprint density at radius 1 is 1.03 bits per heavy atom. The van der Waals surface area contributed by atoms with Crippen LogP contribution < -0.4 is 14.4 Å². The van der Waals surface area contributed by atoms with Crippen molar-refractivity contribution in [3.63, 3.8) is 0 Å². The average Bonchev–Trinajstić information content (AvgIpc) is 2.86. The van der Waals surface area contributed by atoms with Gasteiger partial charge in [-0.2, -0.15) is 4.98 Å². The third kappa shape index (κ3) is 5.05. The normalized spacial score (nSPS) is 14.5. The SMILES string of the molecule is CCN(CC)CCOc1ccc(Nc2ncc3c(n2)N(C)S(=O)(=O)C(c2ccccc2)=C3)cc1. The van der Waals surface area contributed by atoms with Gasteiger partial charge in [-0.1, -0.05) is 44.2 Å². The van der Waals surface area contributed by atoms with Crippen LogP contribution in [0.4, 0.5) is 17.5 Å². The van der Waals surface area contributed by atoms with E-state index in [0.29, 0.717) is 29.5 Å². The highest BCUT2D eigenvalue weighted by Crippen LogP contribution is 2.36. The monoisotopic (exact) mass is 479 g/mol. The molecule has 3 aromatic rings. The molecule has 8 nitrogen and oxygen atoms in total.